The van der Waals surface area contributed by atoms with E-state index in [1.807, 2.05) is 0 Å². The van der Waals surface area contributed by atoms with E-state index in [0.717, 1.165) is 33.9 Å². The van der Waals surface area contributed by atoms with Crippen molar-refractivity contribution in [1.82, 2.24) is 0 Å². The Hall–Kier alpha value is -6.68. The first-order chi connectivity index (χ1) is 37.1. The number of carbonyl (C=O) groups excluding carboxylic acids is 1. The molecule has 6 heteroatoms. The average Bonchev–Trinajstić information content (AvgIpc) is 3.68. The molecule has 0 heterocycles. The minimum Gasteiger partial charge on any atom is -0.652 e. The number of rotatable bonds is 14. The van der Waals surface area contributed by atoms with Gasteiger partial charge in [-0.3, -0.25) is 0 Å². The fourth-order valence-electron chi connectivity index (χ4n) is 11.9. The molecule has 0 atom stereocenters. The molecule has 1 aliphatic carbocycles. The van der Waals surface area contributed by atoms with E-state index in [0.29, 0.717) is 47.3 Å². The van der Waals surface area contributed by atoms with E-state index in [9.17, 15) is 0 Å². The number of hydrogen-bond acceptors (Lipinski definition) is 5. The van der Waals surface area contributed by atoms with Gasteiger partial charge >= 0.3 is 21.1 Å². The maximum Gasteiger partial charge on any atom is 2.00 e. The van der Waals surface area contributed by atoms with Gasteiger partial charge in [-0.15, -0.1) is 0 Å². The first-order valence-corrected chi connectivity index (χ1v) is 28.5. The SMILES string of the molecule is CC(C)c1cccc(C(C)C)c1-c1cc(N=C2C(=Nc3cc(-c4c(C(C)C)cccc4C(C)C)cc(-c4c(C(C)C)cccc4C(C)C)c3)c3cccc4cccc2c34)cc(-c2c(C(C)C)cccc2C(C)C)c1.O=C([O-])[O-].[Pt+2]. The molecule has 0 bridgehead atoms. The van der Waals surface area contributed by atoms with E-state index >= 15 is 0 Å². The van der Waals surface area contributed by atoms with Crippen LogP contribution in [0.3, 0.4) is 0 Å². The molecule has 0 saturated carbocycles. The van der Waals surface area contributed by atoms with Gasteiger partial charge in [0.15, 0.2) is 0 Å². The standard InChI is InChI=1S/C72H80N2.CH2O3.Pt/c1-41(2)56-25-19-26-57(42(3)4)67(56)50-35-51(68-58(43(5)6)27-20-28-59(68)44(7)8)38-54(37-50)73-71-64-33-17-23-49-24-18-34-65(66(49)64)72(71)74-55-39-52(69-60(45(9)10)29-21-30-61(69)46(11)12)36-53(40-55)70-62(47(13)14)31-22-32-63(70)48(15)16;2-1(3)4;/h17-48H,1-16H3;(H2,2,3,4);/q;;+2/p-2. The van der Waals surface area contributed by atoms with Crippen LogP contribution in [-0.2, 0) is 21.1 Å². The zero-order valence-corrected chi connectivity index (χ0v) is 51.7. The van der Waals surface area contributed by atoms with Crippen LogP contribution in [0.5, 0.6) is 0 Å². The van der Waals surface area contributed by atoms with Crippen LogP contribution >= 0.6 is 0 Å². The zero-order chi connectivity index (χ0) is 56.4. The van der Waals surface area contributed by atoms with Gasteiger partial charge in [0.05, 0.1) is 22.8 Å². The first kappa shape index (κ1) is 60.0. The van der Waals surface area contributed by atoms with E-state index in [1.165, 1.54) is 99.8 Å². The summed E-state index contributed by atoms with van der Waals surface area (Å²) in [5.41, 5.74) is 27.0. The zero-order valence-electron chi connectivity index (χ0n) is 49.4. The molecule has 8 aromatic rings. The molecule has 9 rings (SSSR count). The molecule has 8 aromatic carbocycles. The molecule has 79 heavy (non-hydrogen) atoms. The van der Waals surface area contributed by atoms with E-state index in [2.05, 4.69) is 256 Å². The van der Waals surface area contributed by atoms with Gasteiger partial charge in [-0.05, 0) is 184 Å². The molecule has 0 aliphatic heterocycles. The van der Waals surface area contributed by atoms with Gasteiger partial charge in [0.1, 0.15) is 0 Å². The van der Waals surface area contributed by atoms with Gasteiger partial charge in [0, 0.05) is 16.5 Å². The van der Waals surface area contributed by atoms with Gasteiger partial charge in [-0.1, -0.05) is 220 Å². The summed E-state index contributed by atoms with van der Waals surface area (Å²) in [6.45, 7) is 37.2. The van der Waals surface area contributed by atoms with E-state index in [-0.39, 0.29) is 21.1 Å². The summed E-state index contributed by atoms with van der Waals surface area (Å²) in [7, 11) is 0. The van der Waals surface area contributed by atoms with Crippen LogP contribution in [0.1, 0.15) is 214 Å². The largest absolute Gasteiger partial charge is 2.00 e. The molecule has 0 aromatic heterocycles. The van der Waals surface area contributed by atoms with Crippen molar-refractivity contribution < 1.29 is 36.1 Å². The molecule has 0 amide bonds. The Bertz CT molecular complexity index is 3090. The number of carbonyl (C=O) groups is 1. The van der Waals surface area contributed by atoms with E-state index in [1.54, 1.807) is 0 Å². The fourth-order valence-corrected chi connectivity index (χ4v) is 11.9. The van der Waals surface area contributed by atoms with E-state index in [4.69, 9.17) is 25.0 Å². The van der Waals surface area contributed by atoms with Crippen LogP contribution in [-0.4, -0.2) is 17.6 Å². The van der Waals surface area contributed by atoms with Crippen molar-refractivity contribution in [2.75, 3.05) is 0 Å². The topological polar surface area (TPSA) is 87.9 Å². The molecule has 0 N–H and O–H groups in total. The van der Waals surface area contributed by atoms with Crippen molar-refractivity contribution in [2.24, 2.45) is 9.98 Å². The predicted octanol–water partition coefficient (Wildman–Crippen LogP) is 19.3. The summed E-state index contributed by atoms with van der Waals surface area (Å²) in [6.07, 6.45) is -2.33. The summed E-state index contributed by atoms with van der Waals surface area (Å²) < 4.78 is 0. The molecular weight excluding hydrogens is 1150 g/mol. The Labute approximate surface area is 486 Å². The van der Waals surface area contributed by atoms with E-state index < -0.39 is 6.16 Å². The van der Waals surface area contributed by atoms with Crippen molar-refractivity contribution in [3.05, 3.63) is 201 Å². The minimum atomic E-state index is -2.33. The van der Waals surface area contributed by atoms with Gasteiger partial charge in [0.2, 0.25) is 0 Å². The third-order valence-corrected chi connectivity index (χ3v) is 15.6. The molecule has 1 aliphatic rings. The normalized spacial score (nSPS) is 13.3. The third kappa shape index (κ3) is 12.5. The van der Waals surface area contributed by atoms with Crippen molar-refractivity contribution in [1.29, 1.82) is 0 Å². The quantitative estimate of drug-likeness (QED) is 0.109. The molecule has 0 saturated heterocycles. The molecule has 0 unspecified atom stereocenters. The third-order valence-electron chi connectivity index (χ3n) is 15.6. The minimum absolute atomic E-state index is 0. The van der Waals surface area contributed by atoms with Crippen LogP contribution in [0.25, 0.3) is 55.3 Å². The Morgan fingerprint density at radius 3 is 0.734 bits per heavy atom. The monoisotopic (exact) mass is 1230 g/mol. The van der Waals surface area contributed by atoms with Crippen molar-refractivity contribution in [3.8, 4) is 44.5 Å². The molecular formula is C73H80N2O3Pt. The smallest absolute Gasteiger partial charge is 0.652 e. The van der Waals surface area contributed by atoms with Crippen molar-refractivity contribution in [2.45, 2.75) is 158 Å². The Kier molecular flexibility index (Phi) is 19.1. The maximum atomic E-state index is 8.33. The Morgan fingerprint density at radius 1 is 0.329 bits per heavy atom. The van der Waals surface area contributed by atoms with Crippen LogP contribution < -0.4 is 10.2 Å². The summed E-state index contributed by atoms with van der Waals surface area (Å²) >= 11 is 0. The van der Waals surface area contributed by atoms with Crippen LogP contribution in [0.2, 0.25) is 0 Å². The maximum absolute atomic E-state index is 8.33. The van der Waals surface area contributed by atoms with Crippen LogP contribution in [0, 0.1) is 0 Å². The average molecular weight is 1230 g/mol. The van der Waals surface area contributed by atoms with Gasteiger partial charge in [-0.25, -0.2) is 9.98 Å². The second-order valence-corrected chi connectivity index (χ2v) is 23.9. The van der Waals surface area contributed by atoms with Gasteiger partial charge in [0.25, 0.3) is 0 Å². The second kappa shape index (κ2) is 25.2. The second-order valence-electron chi connectivity index (χ2n) is 23.9. The number of carboxylic acid groups (broad SMARTS) is 2. The molecule has 0 radical (unpaired) electrons. The number of aliphatic imine (C=N–C) groups is 2. The van der Waals surface area contributed by atoms with Crippen LogP contribution in [0.15, 0.2) is 156 Å². The Morgan fingerprint density at radius 2 is 0.532 bits per heavy atom. The summed E-state index contributed by atoms with van der Waals surface area (Å²) in [5.74, 6) is 2.71. The summed E-state index contributed by atoms with van der Waals surface area (Å²) in [5, 5.41) is 19.1. The van der Waals surface area contributed by atoms with Gasteiger partial charge < -0.3 is 15.0 Å². The number of benzene rings is 8. The molecule has 410 valence electrons. The van der Waals surface area contributed by atoms with Gasteiger partial charge in [-0.2, -0.15) is 0 Å². The molecule has 0 fully saturated rings. The number of hydrogen-bond donors (Lipinski definition) is 0. The number of nitrogens with zero attached hydrogens (tertiary/aromatic N) is 2. The predicted molar refractivity (Wildman–Crippen MR) is 329 cm³/mol. The molecule has 0 spiro atoms. The molecule has 5 nitrogen and oxygen atoms in total. The van der Waals surface area contributed by atoms with Crippen molar-refractivity contribution >= 4 is 39.7 Å². The Balaban J connectivity index is 0.00000175. The van der Waals surface area contributed by atoms with Crippen LogP contribution in [0.4, 0.5) is 16.2 Å². The van der Waals surface area contributed by atoms with Crippen molar-refractivity contribution in [3.63, 3.8) is 0 Å². The summed E-state index contributed by atoms with van der Waals surface area (Å²) in [4.78, 5) is 20.2. The summed E-state index contributed by atoms with van der Waals surface area (Å²) in [6, 6.07) is 55.4. The fraction of sp³-hybridized carbons (Fsp3) is 0.329. The first-order valence-electron chi connectivity index (χ1n) is 28.5.